The normalized spacial score (nSPS) is 20.6. The summed E-state index contributed by atoms with van der Waals surface area (Å²) in [4.78, 5) is 13.1. The molecule has 0 saturated carbocycles. The summed E-state index contributed by atoms with van der Waals surface area (Å²) >= 11 is 3.38. The zero-order chi connectivity index (χ0) is 14.1. The molecule has 0 aromatic heterocycles. The zero-order valence-electron chi connectivity index (χ0n) is 10.7. The molecule has 106 valence electrons. The summed E-state index contributed by atoms with van der Waals surface area (Å²) in [5, 5.41) is 9.71. The number of carboxylic acid groups (broad SMARTS) is 1. The molecule has 0 spiro atoms. The molecule has 5 nitrogen and oxygen atoms in total. The van der Waals surface area contributed by atoms with E-state index < -0.39 is 5.97 Å². The topological polar surface area (TPSA) is 59.0 Å². The van der Waals surface area contributed by atoms with E-state index in [0.29, 0.717) is 17.6 Å². The number of anilines is 1. The minimum Gasteiger partial charge on any atom is -0.478 e. The molecule has 1 aromatic carbocycles. The highest BCUT2D eigenvalue weighted by molar-refractivity contribution is 9.09. The first kappa shape index (κ1) is 13.5. The van der Waals surface area contributed by atoms with Crippen molar-refractivity contribution in [3.8, 4) is 5.75 Å². The first-order valence-electron chi connectivity index (χ1n) is 6.37. The van der Waals surface area contributed by atoms with Gasteiger partial charge in [0, 0.05) is 19.4 Å². The molecule has 3 rings (SSSR count). The number of halogens is 1. The van der Waals surface area contributed by atoms with Crippen molar-refractivity contribution in [1.29, 1.82) is 0 Å². The minimum absolute atomic E-state index is 0.197. The Balaban J connectivity index is 1.93. The van der Waals surface area contributed by atoms with Gasteiger partial charge in [0.2, 0.25) is 0 Å². The first-order chi connectivity index (χ1) is 9.67. The second-order valence-corrected chi connectivity index (χ2v) is 5.31. The summed E-state index contributed by atoms with van der Waals surface area (Å²) in [6, 6.07) is 4.89. The highest BCUT2D eigenvalue weighted by Crippen LogP contribution is 2.36. The monoisotopic (exact) mass is 339 g/mol. The van der Waals surface area contributed by atoms with Crippen LogP contribution >= 0.6 is 15.9 Å². The molecular weight excluding hydrogens is 326 g/mol. The van der Waals surface area contributed by atoms with Gasteiger partial charge in [0.1, 0.15) is 5.76 Å². The molecule has 2 heterocycles. The Hall–Kier alpha value is -1.53. The zero-order valence-corrected chi connectivity index (χ0v) is 12.3. The maximum absolute atomic E-state index is 11.1. The minimum atomic E-state index is -0.942. The number of fused-ring (bicyclic) bond motifs is 1. The van der Waals surface area contributed by atoms with Crippen molar-refractivity contribution in [1.82, 2.24) is 0 Å². The van der Waals surface area contributed by atoms with Crippen molar-refractivity contribution < 1.29 is 19.4 Å². The molecule has 2 aliphatic rings. The summed E-state index contributed by atoms with van der Waals surface area (Å²) in [6.07, 6.45) is 3.12. The van der Waals surface area contributed by atoms with Crippen LogP contribution in [0.15, 0.2) is 30.2 Å². The number of aromatic carboxylic acids is 1. The lowest BCUT2D eigenvalue weighted by Gasteiger charge is -2.35. The second-order valence-electron chi connectivity index (χ2n) is 4.75. The Morgan fingerprint density at radius 1 is 1.50 bits per heavy atom. The van der Waals surface area contributed by atoms with Crippen molar-refractivity contribution in [2.24, 2.45) is 0 Å². The summed E-state index contributed by atoms with van der Waals surface area (Å²) in [6.45, 7) is 1.50. The van der Waals surface area contributed by atoms with Crippen molar-refractivity contribution >= 4 is 27.6 Å². The number of ether oxygens (including phenoxy) is 2. The maximum atomic E-state index is 11.1. The molecule has 6 heteroatoms. The van der Waals surface area contributed by atoms with E-state index >= 15 is 0 Å². The Morgan fingerprint density at radius 2 is 2.30 bits per heavy atom. The van der Waals surface area contributed by atoms with Crippen LogP contribution in [0.25, 0.3) is 0 Å². The van der Waals surface area contributed by atoms with E-state index in [4.69, 9.17) is 14.6 Å². The van der Waals surface area contributed by atoms with Gasteiger partial charge in [0.15, 0.2) is 5.75 Å². The number of rotatable bonds is 4. The van der Waals surface area contributed by atoms with Gasteiger partial charge >= 0.3 is 5.97 Å². The van der Waals surface area contributed by atoms with Crippen LogP contribution in [-0.4, -0.2) is 35.7 Å². The van der Waals surface area contributed by atoms with Gasteiger partial charge in [-0.2, -0.15) is 0 Å². The van der Waals surface area contributed by atoms with Crippen molar-refractivity contribution in [2.45, 2.75) is 12.5 Å². The Kier molecular flexibility index (Phi) is 3.67. The third kappa shape index (κ3) is 2.53. The molecule has 0 unspecified atom stereocenters. The molecule has 1 aromatic rings. The molecular formula is C14H14BrNO4. The number of hydrogen-bond donors (Lipinski definition) is 1. The van der Waals surface area contributed by atoms with Crippen LogP contribution in [0.5, 0.6) is 5.75 Å². The van der Waals surface area contributed by atoms with Gasteiger partial charge < -0.3 is 19.5 Å². The van der Waals surface area contributed by atoms with Crippen molar-refractivity contribution in [3.63, 3.8) is 0 Å². The van der Waals surface area contributed by atoms with Crippen LogP contribution < -0.4 is 9.64 Å². The van der Waals surface area contributed by atoms with Gasteiger partial charge in [-0.25, -0.2) is 4.79 Å². The van der Waals surface area contributed by atoms with E-state index in [2.05, 4.69) is 15.9 Å². The third-order valence-corrected chi connectivity index (χ3v) is 3.93. The van der Waals surface area contributed by atoms with Crippen LogP contribution in [0, 0.1) is 0 Å². The standard InChI is InChI=1S/C14H14BrNO4/c15-6-11-8-16(7-10-3-4-19-10)12-5-9(14(17)18)1-2-13(12)20-11/h1-2,5,8,10H,3-4,6-7H2,(H,17,18)/t10-/m0/s1. The van der Waals surface area contributed by atoms with Gasteiger partial charge in [-0.15, -0.1) is 0 Å². The van der Waals surface area contributed by atoms with Crippen LogP contribution in [0.4, 0.5) is 5.69 Å². The van der Waals surface area contributed by atoms with Gasteiger partial charge in [0.25, 0.3) is 0 Å². The van der Waals surface area contributed by atoms with Gasteiger partial charge in [-0.3, -0.25) is 0 Å². The lowest BCUT2D eigenvalue weighted by Crippen LogP contribution is -2.39. The van der Waals surface area contributed by atoms with Crippen LogP contribution in [0.2, 0.25) is 0 Å². The highest BCUT2D eigenvalue weighted by atomic mass is 79.9. The smallest absolute Gasteiger partial charge is 0.335 e. The van der Waals surface area contributed by atoms with Crippen LogP contribution in [-0.2, 0) is 4.74 Å². The fraction of sp³-hybridized carbons (Fsp3) is 0.357. The molecule has 0 aliphatic carbocycles. The maximum Gasteiger partial charge on any atom is 0.335 e. The molecule has 0 radical (unpaired) electrons. The molecule has 0 bridgehead atoms. The van der Waals surface area contributed by atoms with E-state index in [1.54, 1.807) is 18.2 Å². The number of hydrogen-bond acceptors (Lipinski definition) is 4. The van der Waals surface area contributed by atoms with E-state index in [1.165, 1.54) is 0 Å². The number of benzene rings is 1. The third-order valence-electron chi connectivity index (χ3n) is 3.38. The predicted molar refractivity (Wildman–Crippen MR) is 77.6 cm³/mol. The molecule has 0 amide bonds. The van der Waals surface area contributed by atoms with Crippen LogP contribution in [0.1, 0.15) is 16.8 Å². The molecule has 1 atom stereocenters. The fourth-order valence-corrected chi connectivity index (χ4v) is 2.49. The van der Waals surface area contributed by atoms with E-state index in [1.807, 2.05) is 11.1 Å². The Bertz CT molecular complexity index is 568. The summed E-state index contributed by atoms with van der Waals surface area (Å²) in [5.41, 5.74) is 1.02. The lowest BCUT2D eigenvalue weighted by molar-refractivity contribution is -0.0437. The quantitative estimate of drug-likeness (QED) is 0.854. The predicted octanol–water partition coefficient (Wildman–Crippen LogP) is 2.61. The van der Waals surface area contributed by atoms with Crippen molar-refractivity contribution in [2.75, 3.05) is 23.4 Å². The molecule has 20 heavy (non-hydrogen) atoms. The highest BCUT2D eigenvalue weighted by Gasteiger charge is 2.26. The Morgan fingerprint density at radius 3 is 2.90 bits per heavy atom. The lowest BCUT2D eigenvalue weighted by atomic mass is 10.1. The largest absolute Gasteiger partial charge is 0.478 e. The van der Waals surface area contributed by atoms with Gasteiger partial charge in [0.05, 0.1) is 22.7 Å². The fourth-order valence-electron chi connectivity index (χ4n) is 2.23. The van der Waals surface area contributed by atoms with Crippen molar-refractivity contribution in [3.05, 3.63) is 35.7 Å². The molecule has 1 saturated heterocycles. The second kappa shape index (κ2) is 5.46. The molecule has 1 N–H and O–H groups in total. The SMILES string of the molecule is O=C(O)c1ccc2c(c1)N(C[C@@H]1CCO1)C=C(CBr)O2. The van der Waals surface area contributed by atoms with E-state index in [-0.39, 0.29) is 11.7 Å². The first-order valence-corrected chi connectivity index (χ1v) is 7.49. The van der Waals surface area contributed by atoms with Crippen LogP contribution in [0.3, 0.4) is 0 Å². The summed E-state index contributed by atoms with van der Waals surface area (Å²) < 4.78 is 11.2. The van der Waals surface area contributed by atoms with E-state index in [0.717, 1.165) is 24.5 Å². The number of carboxylic acids is 1. The van der Waals surface area contributed by atoms with E-state index in [9.17, 15) is 4.79 Å². The molecule has 2 aliphatic heterocycles. The number of carbonyl (C=O) groups is 1. The molecule has 1 fully saturated rings. The van der Waals surface area contributed by atoms with Gasteiger partial charge in [-0.05, 0) is 24.6 Å². The summed E-state index contributed by atoms with van der Waals surface area (Å²) in [7, 11) is 0. The summed E-state index contributed by atoms with van der Waals surface area (Å²) in [5.74, 6) is 0.522. The number of alkyl halides is 1. The average Bonchev–Trinajstić information content (AvgIpc) is 2.41. The van der Waals surface area contributed by atoms with Gasteiger partial charge in [-0.1, -0.05) is 15.9 Å². The Labute approximate surface area is 124 Å². The number of allylic oxidation sites excluding steroid dienone is 1. The number of nitrogens with zero attached hydrogens (tertiary/aromatic N) is 1. The average molecular weight is 340 g/mol.